The molecule has 1 atom stereocenters. The summed E-state index contributed by atoms with van der Waals surface area (Å²) >= 11 is 1.74. The fourth-order valence-corrected chi connectivity index (χ4v) is 4.29. The van der Waals surface area contributed by atoms with E-state index >= 15 is 0 Å². The van der Waals surface area contributed by atoms with E-state index in [1.54, 1.807) is 11.3 Å². The Morgan fingerprint density at radius 2 is 2.19 bits per heavy atom. The first-order valence-electron chi connectivity index (χ1n) is 7.94. The van der Waals surface area contributed by atoms with Crippen LogP contribution in [0.5, 0.6) is 0 Å². The lowest BCUT2D eigenvalue weighted by atomic mass is 9.80. The SMILES string of the molecule is O=C(NC[C@@H]1CCCO1)NCC1(c2ccsc2)CCCC1. The molecule has 1 aliphatic carbocycles. The van der Waals surface area contributed by atoms with E-state index in [-0.39, 0.29) is 17.6 Å². The zero-order valence-corrected chi connectivity index (χ0v) is 13.2. The van der Waals surface area contributed by atoms with Gasteiger partial charge in [-0.1, -0.05) is 12.8 Å². The van der Waals surface area contributed by atoms with Gasteiger partial charge in [-0.2, -0.15) is 11.3 Å². The predicted octanol–water partition coefficient (Wildman–Crippen LogP) is 3.04. The molecule has 1 aromatic heterocycles. The summed E-state index contributed by atoms with van der Waals surface area (Å²) in [6.45, 7) is 2.19. The fraction of sp³-hybridized carbons (Fsp3) is 0.688. The summed E-state index contributed by atoms with van der Waals surface area (Å²) in [6.07, 6.45) is 7.23. The van der Waals surface area contributed by atoms with Crippen LogP contribution < -0.4 is 10.6 Å². The van der Waals surface area contributed by atoms with E-state index in [4.69, 9.17) is 4.74 Å². The highest BCUT2D eigenvalue weighted by atomic mass is 32.1. The molecule has 1 aromatic rings. The van der Waals surface area contributed by atoms with Crippen molar-refractivity contribution < 1.29 is 9.53 Å². The molecule has 2 fully saturated rings. The molecule has 0 aromatic carbocycles. The molecule has 4 nitrogen and oxygen atoms in total. The van der Waals surface area contributed by atoms with E-state index in [1.807, 2.05) is 0 Å². The van der Waals surface area contributed by atoms with Crippen LogP contribution in [0.15, 0.2) is 16.8 Å². The van der Waals surface area contributed by atoms with E-state index < -0.39 is 0 Å². The third-order valence-corrected chi connectivity index (χ3v) is 5.48. The van der Waals surface area contributed by atoms with E-state index in [0.29, 0.717) is 6.54 Å². The summed E-state index contributed by atoms with van der Waals surface area (Å²) in [5.41, 5.74) is 1.55. The highest BCUT2D eigenvalue weighted by Crippen LogP contribution is 2.41. The maximum absolute atomic E-state index is 12.0. The highest BCUT2D eigenvalue weighted by molar-refractivity contribution is 7.08. The lowest BCUT2D eigenvalue weighted by Crippen LogP contribution is -2.45. The van der Waals surface area contributed by atoms with Gasteiger partial charge in [0.25, 0.3) is 0 Å². The van der Waals surface area contributed by atoms with Crippen LogP contribution in [0.1, 0.15) is 44.1 Å². The molecule has 0 unspecified atom stereocenters. The first-order valence-corrected chi connectivity index (χ1v) is 8.89. The Balaban J connectivity index is 1.49. The summed E-state index contributed by atoms with van der Waals surface area (Å²) in [6, 6.07) is 2.15. The standard InChI is InChI=1S/C16H24N2O2S/c19-15(17-10-14-4-3-8-20-14)18-12-16(6-1-2-7-16)13-5-9-21-11-13/h5,9,11,14H,1-4,6-8,10,12H2,(H2,17,18,19)/t14-/m0/s1. The Morgan fingerprint density at radius 1 is 1.33 bits per heavy atom. The van der Waals surface area contributed by atoms with Crippen LogP contribution in [-0.2, 0) is 10.2 Å². The van der Waals surface area contributed by atoms with Gasteiger partial charge in [-0.05, 0) is 48.1 Å². The molecule has 2 aliphatic rings. The van der Waals surface area contributed by atoms with Crippen LogP contribution in [0.3, 0.4) is 0 Å². The second kappa shape index (κ2) is 6.79. The van der Waals surface area contributed by atoms with Crippen LogP contribution in [0.4, 0.5) is 4.79 Å². The molecule has 0 radical (unpaired) electrons. The van der Waals surface area contributed by atoms with Gasteiger partial charge < -0.3 is 15.4 Å². The summed E-state index contributed by atoms with van der Waals surface area (Å²) in [7, 11) is 0. The summed E-state index contributed by atoms with van der Waals surface area (Å²) in [4.78, 5) is 12.0. The van der Waals surface area contributed by atoms with Gasteiger partial charge in [-0.3, -0.25) is 0 Å². The predicted molar refractivity (Wildman–Crippen MR) is 84.8 cm³/mol. The number of thiophene rings is 1. The third-order valence-electron chi connectivity index (χ3n) is 4.80. The topological polar surface area (TPSA) is 50.4 Å². The van der Waals surface area contributed by atoms with Crippen molar-refractivity contribution in [3.8, 4) is 0 Å². The number of amides is 2. The van der Waals surface area contributed by atoms with E-state index in [2.05, 4.69) is 27.5 Å². The highest BCUT2D eigenvalue weighted by Gasteiger charge is 2.36. The Labute approximate surface area is 130 Å². The zero-order chi connectivity index (χ0) is 14.5. The number of nitrogens with one attached hydrogen (secondary N) is 2. The molecule has 1 saturated carbocycles. The number of urea groups is 1. The molecule has 21 heavy (non-hydrogen) atoms. The lowest BCUT2D eigenvalue weighted by molar-refractivity contribution is 0.111. The summed E-state index contributed by atoms with van der Waals surface area (Å²) < 4.78 is 5.52. The maximum Gasteiger partial charge on any atom is 0.314 e. The fourth-order valence-electron chi connectivity index (χ4n) is 3.51. The summed E-state index contributed by atoms with van der Waals surface area (Å²) in [5.74, 6) is 0. The minimum absolute atomic E-state index is 0.0630. The van der Waals surface area contributed by atoms with Crippen molar-refractivity contribution in [3.63, 3.8) is 0 Å². The van der Waals surface area contributed by atoms with Crippen molar-refractivity contribution in [2.45, 2.75) is 50.0 Å². The maximum atomic E-state index is 12.0. The van der Waals surface area contributed by atoms with Gasteiger partial charge >= 0.3 is 6.03 Å². The van der Waals surface area contributed by atoms with Gasteiger partial charge in [0.15, 0.2) is 0 Å². The van der Waals surface area contributed by atoms with Gasteiger partial charge in [0.2, 0.25) is 0 Å². The normalized spacial score (nSPS) is 24.1. The van der Waals surface area contributed by atoms with Crippen molar-refractivity contribution in [2.24, 2.45) is 0 Å². The van der Waals surface area contributed by atoms with E-state index in [1.165, 1.54) is 31.2 Å². The van der Waals surface area contributed by atoms with E-state index in [0.717, 1.165) is 26.0 Å². The first-order chi connectivity index (χ1) is 10.3. The minimum Gasteiger partial charge on any atom is -0.376 e. The summed E-state index contributed by atoms with van der Waals surface area (Å²) in [5, 5.41) is 10.4. The molecule has 1 aliphatic heterocycles. The zero-order valence-electron chi connectivity index (χ0n) is 12.4. The molecule has 3 rings (SSSR count). The molecule has 1 saturated heterocycles. The average Bonchev–Trinajstić information content (AvgIpc) is 3.25. The van der Waals surface area contributed by atoms with Crippen molar-refractivity contribution in [2.75, 3.05) is 19.7 Å². The van der Waals surface area contributed by atoms with Gasteiger partial charge in [0.1, 0.15) is 0 Å². The number of ether oxygens (including phenoxy) is 1. The second-order valence-electron chi connectivity index (χ2n) is 6.20. The molecule has 5 heteroatoms. The lowest BCUT2D eigenvalue weighted by Gasteiger charge is -2.29. The number of hydrogen-bond donors (Lipinski definition) is 2. The smallest absolute Gasteiger partial charge is 0.314 e. The van der Waals surface area contributed by atoms with Gasteiger partial charge in [-0.25, -0.2) is 4.79 Å². The van der Waals surface area contributed by atoms with Crippen molar-refractivity contribution in [3.05, 3.63) is 22.4 Å². The largest absolute Gasteiger partial charge is 0.376 e. The van der Waals surface area contributed by atoms with Crippen LogP contribution in [0.25, 0.3) is 0 Å². The molecular formula is C16H24N2O2S. The number of carbonyl (C=O) groups excluding carboxylic acids is 1. The Hall–Kier alpha value is -1.07. The van der Waals surface area contributed by atoms with E-state index in [9.17, 15) is 4.79 Å². The minimum atomic E-state index is -0.0630. The number of rotatable bonds is 5. The quantitative estimate of drug-likeness (QED) is 0.878. The Kier molecular flexibility index (Phi) is 4.80. The van der Waals surface area contributed by atoms with Crippen LogP contribution in [0, 0.1) is 0 Å². The van der Waals surface area contributed by atoms with Crippen LogP contribution >= 0.6 is 11.3 Å². The molecule has 0 bridgehead atoms. The van der Waals surface area contributed by atoms with Crippen molar-refractivity contribution in [1.82, 2.24) is 10.6 Å². The van der Waals surface area contributed by atoms with Crippen molar-refractivity contribution >= 4 is 17.4 Å². The second-order valence-corrected chi connectivity index (χ2v) is 6.98. The molecule has 116 valence electrons. The molecule has 0 spiro atoms. The average molecular weight is 308 g/mol. The molecule has 2 heterocycles. The number of hydrogen-bond acceptors (Lipinski definition) is 3. The van der Waals surface area contributed by atoms with Gasteiger partial charge in [0.05, 0.1) is 6.10 Å². The monoisotopic (exact) mass is 308 g/mol. The molecular weight excluding hydrogens is 284 g/mol. The Morgan fingerprint density at radius 3 is 2.86 bits per heavy atom. The Bertz CT molecular complexity index is 449. The third kappa shape index (κ3) is 3.58. The van der Waals surface area contributed by atoms with Gasteiger partial charge in [-0.15, -0.1) is 0 Å². The molecule has 2 N–H and O–H groups in total. The first kappa shape index (κ1) is 14.9. The van der Waals surface area contributed by atoms with Gasteiger partial charge in [0, 0.05) is 25.1 Å². The van der Waals surface area contributed by atoms with Crippen LogP contribution in [-0.4, -0.2) is 31.8 Å². The van der Waals surface area contributed by atoms with Crippen LogP contribution in [0.2, 0.25) is 0 Å². The molecule has 2 amide bonds. The number of carbonyl (C=O) groups is 1. The van der Waals surface area contributed by atoms with Crippen molar-refractivity contribution in [1.29, 1.82) is 0 Å².